The third kappa shape index (κ3) is 3.08. The van der Waals surface area contributed by atoms with Crippen molar-refractivity contribution in [3.05, 3.63) is 80.0 Å². The number of carbonyl (C=O) groups excluding carboxylic acids is 1. The Bertz CT molecular complexity index is 1370. The van der Waals surface area contributed by atoms with Gasteiger partial charge in [0.1, 0.15) is 6.54 Å². The third-order valence-electron chi connectivity index (χ3n) is 5.12. The summed E-state index contributed by atoms with van der Waals surface area (Å²) < 4.78 is 4.07. The fourth-order valence-corrected chi connectivity index (χ4v) is 3.65. The maximum Gasteiger partial charge on any atom is 0.352 e. The van der Waals surface area contributed by atoms with E-state index in [4.69, 9.17) is 0 Å². The van der Waals surface area contributed by atoms with Crippen LogP contribution in [-0.4, -0.2) is 24.5 Å². The standard InChI is InChI=1S/C22H22N4O3/c1-4-11-24-20(28)16-7-5-6-8-18(16)26-21(24)23-25(22(26)29)13-19(27)17-12-14(2)9-10-15(17)3/h5-10,12H,4,11,13H2,1-3H3. The van der Waals surface area contributed by atoms with E-state index in [1.807, 2.05) is 39.0 Å². The van der Waals surface area contributed by atoms with Gasteiger partial charge in [0.15, 0.2) is 5.78 Å². The number of hydrogen-bond acceptors (Lipinski definition) is 4. The Balaban J connectivity index is 1.92. The van der Waals surface area contributed by atoms with E-state index in [2.05, 4.69) is 5.10 Å². The van der Waals surface area contributed by atoms with Gasteiger partial charge in [-0.25, -0.2) is 13.9 Å². The first kappa shape index (κ1) is 18.9. The number of rotatable bonds is 5. The van der Waals surface area contributed by atoms with Crippen LogP contribution >= 0.6 is 0 Å². The fraction of sp³-hybridized carbons (Fsp3) is 0.273. The van der Waals surface area contributed by atoms with Crippen LogP contribution in [0.1, 0.15) is 34.8 Å². The highest BCUT2D eigenvalue weighted by Gasteiger charge is 2.19. The molecule has 0 aliphatic carbocycles. The van der Waals surface area contributed by atoms with E-state index in [-0.39, 0.29) is 23.7 Å². The Morgan fingerprint density at radius 1 is 1.07 bits per heavy atom. The molecule has 2 aromatic heterocycles. The molecule has 0 aliphatic rings. The van der Waals surface area contributed by atoms with Crippen molar-refractivity contribution in [3.8, 4) is 0 Å². The molecule has 29 heavy (non-hydrogen) atoms. The zero-order valence-electron chi connectivity index (χ0n) is 16.7. The Hall–Kier alpha value is -3.48. The lowest BCUT2D eigenvalue weighted by molar-refractivity contribution is 0.0965. The number of aromatic nitrogens is 4. The number of hydrogen-bond donors (Lipinski definition) is 0. The van der Waals surface area contributed by atoms with Crippen molar-refractivity contribution in [2.45, 2.75) is 40.3 Å². The van der Waals surface area contributed by atoms with E-state index in [1.165, 1.54) is 8.97 Å². The van der Waals surface area contributed by atoms with Gasteiger partial charge in [0, 0.05) is 12.1 Å². The van der Waals surface area contributed by atoms with Crippen molar-refractivity contribution in [1.82, 2.24) is 18.7 Å². The number of nitrogens with zero attached hydrogens (tertiary/aromatic N) is 4. The van der Waals surface area contributed by atoms with Crippen LogP contribution in [-0.2, 0) is 13.1 Å². The average molecular weight is 390 g/mol. The summed E-state index contributed by atoms with van der Waals surface area (Å²) in [7, 11) is 0. The second-order valence-electron chi connectivity index (χ2n) is 7.29. The first-order valence-electron chi connectivity index (χ1n) is 9.64. The summed E-state index contributed by atoms with van der Waals surface area (Å²) in [6, 6.07) is 12.6. The van der Waals surface area contributed by atoms with Crippen LogP contribution < -0.4 is 11.2 Å². The van der Waals surface area contributed by atoms with Crippen molar-refractivity contribution >= 4 is 22.5 Å². The minimum absolute atomic E-state index is 0.181. The first-order valence-corrected chi connectivity index (χ1v) is 9.64. The Morgan fingerprint density at radius 3 is 2.59 bits per heavy atom. The quantitative estimate of drug-likeness (QED) is 0.491. The predicted octanol–water partition coefficient (Wildman–Crippen LogP) is 2.72. The molecule has 4 rings (SSSR count). The molecule has 0 atom stereocenters. The molecule has 0 saturated carbocycles. The molecular formula is C22H22N4O3. The second kappa shape index (κ2) is 7.16. The summed E-state index contributed by atoms with van der Waals surface area (Å²) in [5.41, 5.74) is 2.28. The molecule has 0 fully saturated rings. The number of ketones is 1. The van der Waals surface area contributed by atoms with E-state index in [0.717, 1.165) is 22.2 Å². The zero-order chi connectivity index (χ0) is 20.7. The predicted molar refractivity (Wildman–Crippen MR) is 112 cm³/mol. The van der Waals surface area contributed by atoms with Gasteiger partial charge in [-0.15, -0.1) is 5.10 Å². The minimum atomic E-state index is -0.431. The van der Waals surface area contributed by atoms with E-state index in [0.29, 0.717) is 23.0 Å². The topological polar surface area (TPSA) is 78.4 Å². The van der Waals surface area contributed by atoms with Gasteiger partial charge in [0.25, 0.3) is 5.56 Å². The number of carbonyl (C=O) groups is 1. The van der Waals surface area contributed by atoms with Gasteiger partial charge < -0.3 is 0 Å². The third-order valence-corrected chi connectivity index (χ3v) is 5.12. The van der Waals surface area contributed by atoms with Crippen LogP contribution in [0.3, 0.4) is 0 Å². The zero-order valence-corrected chi connectivity index (χ0v) is 16.7. The van der Waals surface area contributed by atoms with Crippen molar-refractivity contribution in [1.29, 1.82) is 0 Å². The maximum atomic E-state index is 13.1. The fourth-order valence-electron chi connectivity index (χ4n) is 3.65. The van der Waals surface area contributed by atoms with Crippen molar-refractivity contribution in [2.75, 3.05) is 0 Å². The van der Waals surface area contributed by atoms with Crippen molar-refractivity contribution in [2.24, 2.45) is 0 Å². The monoisotopic (exact) mass is 390 g/mol. The number of aryl methyl sites for hydroxylation is 3. The number of para-hydroxylation sites is 1. The Labute approximate surface area is 166 Å². The molecule has 0 bridgehead atoms. The van der Waals surface area contributed by atoms with Crippen molar-refractivity contribution < 1.29 is 4.79 Å². The summed E-state index contributed by atoms with van der Waals surface area (Å²) in [6.45, 7) is 6.00. The number of Topliss-reactive ketones (excluding diaryl/α,β-unsaturated/α-hetero) is 1. The van der Waals surface area contributed by atoms with Gasteiger partial charge in [0.05, 0.1) is 10.9 Å². The molecule has 0 spiro atoms. The Morgan fingerprint density at radius 2 is 1.83 bits per heavy atom. The van der Waals surface area contributed by atoms with Gasteiger partial charge in [-0.05, 0) is 44.0 Å². The van der Waals surface area contributed by atoms with Crippen LogP contribution in [0, 0.1) is 13.8 Å². The van der Waals surface area contributed by atoms with Crippen molar-refractivity contribution in [3.63, 3.8) is 0 Å². The minimum Gasteiger partial charge on any atom is -0.292 e. The largest absolute Gasteiger partial charge is 0.352 e. The maximum absolute atomic E-state index is 13.1. The highest BCUT2D eigenvalue weighted by atomic mass is 16.2. The molecule has 0 unspecified atom stereocenters. The first-order chi connectivity index (χ1) is 13.9. The van der Waals surface area contributed by atoms with Crippen LogP contribution in [0.2, 0.25) is 0 Å². The summed E-state index contributed by atoms with van der Waals surface area (Å²) in [6.07, 6.45) is 0.719. The molecular weight excluding hydrogens is 368 g/mol. The lowest BCUT2D eigenvalue weighted by atomic mass is 10.0. The molecule has 7 heteroatoms. The lowest BCUT2D eigenvalue weighted by Crippen LogP contribution is -2.27. The van der Waals surface area contributed by atoms with Crippen LogP contribution in [0.4, 0.5) is 0 Å². The normalized spacial score (nSPS) is 11.4. The second-order valence-corrected chi connectivity index (χ2v) is 7.29. The summed E-state index contributed by atoms with van der Waals surface area (Å²) in [5.74, 6) is 0.0692. The molecule has 148 valence electrons. The molecule has 4 aromatic rings. The van der Waals surface area contributed by atoms with Gasteiger partial charge in [-0.1, -0.05) is 36.8 Å². The highest BCUT2D eigenvalue weighted by molar-refractivity contribution is 5.97. The molecule has 2 aromatic carbocycles. The highest BCUT2D eigenvalue weighted by Crippen LogP contribution is 2.14. The van der Waals surface area contributed by atoms with E-state index >= 15 is 0 Å². The average Bonchev–Trinajstić information content (AvgIpc) is 3.03. The summed E-state index contributed by atoms with van der Waals surface area (Å²) in [4.78, 5) is 38.9. The van der Waals surface area contributed by atoms with E-state index in [9.17, 15) is 14.4 Å². The molecule has 0 aliphatic heterocycles. The van der Waals surface area contributed by atoms with E-state index in [1.54, 1.807) is 24.3 Å². The van der Waals surface area contributed by atoms with E-state index < -0.39 is 5.69 Å². The SMILES string of the molecule is CCCn1c(=O)c2ccccc2n2c(=O)n(CC(=O)c3cc(C)ccc3C)nc12. The van der Waals surface area contributed by atoms with Gasteiger partial charge >= 0.3 is 5.69 Å². The van der Waals surface area contributed by atoms with Crippen LogP contribution in [0.25, 0.3) is 16.7 Å². The Kier molecular flexibility index (Phi) is 4.66. The molecule has 0 N–H and O–H groups in total. The molecule has 7 nitrogen and oxygen atoms in total. The summed E-state index contributed by atoms with van der Waals surface area (Å²) >= 11 is 0. The summed E-state index contributed by atoms with van der Waals surface area (Å²) in [5, 5.41) is 4.82. The van der Waals surface area contributed by atoms with Gasteiger partial charge in [0.2, 0.25) is 5.78 Å². The smallest absolute Gasteiger partial charge is 0.292 e. The van der Waals surface area contributed by atoms with Crippen LogP contribution in [0.5, 0.6) is 0 Å². The molecule has 0 radical (unpaired) electrons. The lowest BCUT2D eigenvalue weighted by Gasteiger charge is -2.07. The number of fused-ring (bicyclic) bond motifs is 3. The van der Waals surface area contributed by atoms with Gasteiger partial charge in [-0.3, -0.25) is 14.2 Å². The number of benzene rings is 2. The molecule has 2 heterocycles. The van der Waals surface area contributed by atoms with Crippen LogP contribution in [0.15, 0.2) is 52.1 Å². The molecule has 0 saturated heterocycles. The molecule has 0 amide bonds. The van der Waals surface area contributed by atoms with Gasteiger partial charge in [-0.2, -0.15) is 0 Å².